The second kappa shape index (κ2) is 8.39. The number of carbonyl (C=O) groups excluding carboxylic acids is 1. The number of amides is 1. The maximum Gasteiger partial charge on any atom is 0.233 e. The average Bonchev–Trinajstić information content (AvgIpc) is 3.41. The molecule has 1 saturated heterocycles. The molecule has 2 aliphatic rings. The summed E-state index contributed by atoms with van der Waals surface area (Å²) in [6.07, 6.45) is 0. The van der Waals surface area contributed by atoms with Crippen LogP contribution in [-0.2, 0) is 11.3 Å². The number of aromatic nitrogens is 3. The number of rotatable bonds is 5. The quantitative estimate of drug-likeness (QED) is 0.592. The zero-order valence-electron chi connectivity index (χ0n) is 16.7. The van der Waals surface area contributed by atoms with Crippen molar-refractivity contribution in [3.8, 4) is 0 Å². The molecule has 0 atom stereocenters. The summed E-state index contributed by atoms with van der Waals surface area (Å²) in [5.74, 6) is 1.42. The predicted octanol–water partition coefficient (Wildman–Crippen LogP) is 2.87. The molecule has 1 fully saturated rings. The first kappa shape index (κ1) is 19.0. The van der Waals surface area contributed by atoms with Crippen LogP contribution >= 0.6 is 11.8 Å². The topological polar surface area (TPSA) is 57.5 Å². The highest BCUT2D eigenvalue weighted by atomic mass is 32.2. The average molecular weight is 421 g/mol. The molecule has 30 heavy (non-hydrogen) atoms. The molecule has 0 radical (unpaired) electrons. The van der Waals surface area contributed by atoms with Crippen molar-refractivity contribution in [3.63, 3.8) is 0 Å². The van der Waals surface area contributed by atoms with Crippen LogP contribution in [0.2, 0.25) is 0 Å². The molecule has 1 aromatic heterocycles. The van der Waals surface area contributed by atoms with E-state index < -0.39 is 0 Å². The molecule has 2 aromatic carbocycles. The largest absolute Gasteiger partial charge is 0.368 e. The Hall–Kier alpha value is -3.00. The highest BCUT2D eigenvalue weighted by Crippen LogP contribution is 2.31. The molecule has 7 nitrogen and oxygen atoms in total. The van der Waals surface area contributed by atoms with Crippen molar-refractivity contribution in [3.05, 3.63) is 60.7 Å². The number of benzene rings is 2. The summed E-state index contributed by atoms with van der Waals surface area (Å²) < 4.78 is 2.11. The Bertz CT molecular complexity index is 1000. The van der Waals surface area contributed by atoms with Gasteiger partial charge in [-0.25, -0.2) is 0 Å². The lowest BCUT2D eigenvalue weighted by molar-refractivity contribution is -0.128. The molecule has 8 heteroatoms. The van der Waals surface area contributed by atoms with E-state index in [1.54, 1.807) is 0 Å². The molecule has 2 aliphatic heterocycles. The molecule has 154 valence electrons. The molecule has 0 aliphatic carbocycles. The van der Waals surface area contributed by atoms with Crippen molar-refractivity contribution in [1.29, 1.82) is 0 Å². The van der Waals surface area contributed by atoms with Gasteiger partial charge in [-0.2, -0.15) is 0 Å². The normalized spacial score (nSPS) is 16.1. The Morgan fingerprint density at radius 3 is 2.17 bits per heavy atom. The van der Waals surface area contributed by atoms with E-state index in [1.807, 2.05) is 29.2 Å². The molecule has 3 heterocycles. The number of carbonyl (C=O) groups is 1. The standard InChI is InChI=1S/C22H24N6OS/c29-20(26-13-11-25(12-14-26)18-7-3-1-4-8-18)17-30-22-24-23-21-27(15-16-28(21)22)19-9-5-2-6-10-19/h1-10H,11-17H2. The van der Waals surface area contributed by atoms with Crippen LogP contribution in [-0.4, -0.2) is 64.0 Å². The summed E-state index contributed by atoms with van der Waals surface area (Å²) in [4.78, 5) is 19.2. The van der Waals surface area contributed by atoms with Crippen LogP contribution in [0.15, 0.2) is 65.8 Å². The maximum atomic E-state index is 12.7. The molecule has 1 amide bonds. The van der Waals surface area contributed by atoms with Gasteiger partial charge in [-0.15, -0.1) is 10.2 Å². The van der Waals surface area contributed by atoms with E-state index in [-0.39, 0.29) is 5.91 Å². The Morgan fingerprint density at radius 1 is 0.800 bits per heavy atom. The first-order valence-corrected chi connectivity index (χ1v) is 11.2. The van der Waals surface area contributed by atoms with Crippen LogP contribution in [0.25, 0.3) is 0 Å². The monoisotopic (exact) mass is 420 g/mol. The van der Waals surface area contributed by atoms with Gasteiger partial charge in [0.05, 0.1) is 5.75 Å². The second-order valence-electron chi connectivity index (χ2n) is 7.41. The number of piperazine rings is 1. The minimum Gasteiger partial charge on any atom is -0.368 e. The lowest BCUT2D eigenvalue weighted by Gasteiger charge is -2.36. The number of thioether (sulfide) groups is 1. The van der Waals surface area contributed by atoms with Gasteiger partial charge < -0.3 is 14.7 Å². The summed E-state index contributed by atoms with van der Waals surface area (Å²) in [5.41, 5.74) is 2.34. The number of fused-ring (bicyclic) bond motifs is 1. The van der Waals surface area contributed by atoms with Gasteiger partial charge in [-0.3, -0.25) is 9.36 Å². The molecule has 0 saturated carbocycles. The molecule has 0 N–H and O–H groups in total. The van der Waals surface area contributed by atoms with Crippen LogP contribution in [0.5, 0.6) is 0 Å². The summed E-state index contributed by atoms with van der Waals surface area (Å²) >= 11 is 1.49. The molecular formula is C22H24N6OS. The number of hydrogen-bond donors (Lipinski definition) is 0. The first-order chi connectivity index (χ1) is 14.8. The third-order valence-corrected chi connectivity index (χ3v) is 6.58. The van der Waals surface area contributed by atoms with E-state index >= 15 is 0 Å². The highest BCUT2D eigenvalue weighted by molar-refractivity contribution is 7.99. The van der Waals surface area contributed by atoms with Crippen molar-refractivity contribution in [2.24, 2.45) is 0 Å². The van der Waals surface area contributed by atoms with Gasteiger partial charge in [0.2, 0.25) is 11.9 Å². The van der Waals surface area contributed by atoms with E-state index in [0.29, 0.717) is 5.75 Å². The third kappa shape index (κ3) is 3.75. The van der Waals surface area contributed by atoms with Crippen LogP contribution in [0, 0.1) is 0 Å². The van der Waals surface area contributed by atoms with Gasteiger partial charge in [0.25, 0.3) is 0 Å². The molecular weight excluding hydrogens is 396 g/mol. The lowest BCUT2D eigenvalue weighted by atomic mass is 10.2. The number of anilines is 3. The van der Waals surface area contributed by atoms with Crippen LogP contribution in [0.1, 0.15) is 0 Å². The third-order valence-electron chi connectivity index (χ3n) is 5.63. The Balaban J connectivity index is 1.17. The summed E-state index contributed by atoms with van der Waals surface area (Å²) in [7, 11) is 0. The van der Waals surface area contributed by atoms with Crippen molar-refractivity contribution in [2.45, 2.75) is 11.7 Å². The van der Waals surface area contributed by atoms with Crippen LogP contribution < -0.4 is 9.80 Å². The summed E-state index contributed by atoms with van der Waals surface area (Å²) in [5, 5.41) is 9.53. The highest BCUT2D eigenvalue weighted by Gasteiger charge is 2.27. The number of nitrogens with zero attached hydrogens (tertiary/aromatic N) is 6. The lowest BCUT2D eigenvalue weighted by Crippen LogP contribution is -2.49. The van der Waals surface area contributed by atoms with Gasteiger partial charge in [-0.05, 0) is 24.3 Å². The van der Waals surface area contributed by atoms with E-state index in [1.165, 1.54) is 17.4 Å². The number of para-hydroxylation sites is 2. The SMILES string of the molecule is O=C(CSc1nnc2n1CCN2c1ccccc1)N1CCN(c2ccccc2)CC1. The Morgan fingerprint density at radius 2 is 1.47 bits per heavy atom. The smallest absolute Gasteiger partial charge is 0.233 e. The van der Waals surface area contributed by atoms with Crippen LogP contribution in [0.4, 0.5) is 17.3 Å². The summed E-state index contributed by atoms with van der Waals surface area (Å²) in [6.45, 7) is 4.96. The Labute approximate surface area is 180 Å². The van der Waals surface area contributed by atoms with E-state index in [2.05, 4.69) is 61.0 Å². The molecule has 0 unspecified atom stereocenters. The fraction of sp³-hybridized carbons (Fsp3) is 0.318. The van der Waals surface area contributed by atoms with Crippen molar-refractivity contribution >= 4 is 35.0 Å². The zero-order chi connectivity index (χ0) is 20.3. The molecule has 0 bridgehead atoms. The van der Waals surface area contributed by atoms with Gasteiger partial charge in [0, 0.05) is 50.6 Å². The van der Waals surface area contributed by atoms with Crippen LogP contribution in [0.3, 0.4) is 0 Å². The van der Waals surface area contributed by atoms with E-state index in [0.717, 1.165) is 56.1 Å². The van der Waals surface area contributed by atoms with E-state index in [4.69, 9.17) is 0 Å². The summed E-state index contributed by atoms with van der Waals surface area (Å²) in [6, 6.07) is 20.6. The van der Waals surface area contributed by atoms with Gasteiger partial charge in [-0.1, -0.05) is 48.2 Å². The predicted molar refractivity (Wildman–Crippen MR) is 119 cm³/mol. The minimum absolute atomic E-state index is 0.169. The maximum absolute atomic E-state index is 12.7. The molecule has 3 aromatic rings. The zero-order valence-corrected chi connectivity index (χ0v) is 17.5. The van der Waals surface area contributed by atoms with Crippen molar-refractivity contribution in [2.75, 3.05) is 48.3 Å². The van der Waals surface area contributed by atoms with E-state index in [9.17, 15) is 4.79 Å². The molecule has 0 spiro atoms. The first-order valence-electron chi connectivity index (χ1n) is 10.3. The minimum atomic E-state index is 0.169. The fourth-order valence-electron chi connectivity index (χ4n) is 4.01. The number of hydrogen-bond acceptors (Lipinski definition) is 6. The van der Waals surface area contributed by atoms with Crippen molar-refractivity contribution < 1.29 is 4.79 Å². The van der Waals surface area contributed by atoms with Gasteiger partial charge in [0.1, 0.15) is 0 Å². The second-order valence-corrected chi connectivity index (χ2v) is 8.36. The molecule has 5 rings (SSSR count). The fourth-order valence-corrected chi connectivity index (χ4v) is 4.87. The van der Waals surface area contributed by atoms with Crippen molar-refractivity contribution in [1.82, 2.24) is 19.7 Å². The van der Waals surface area contributed by atoms with Gasteiger partial charge in [0.15, 0.2) is 5.16 Å². The van der Waals surface area contributed by atoms with Gasteiger partial charge >= 0.3 is 0 Å². The Kier molecular flexibility index (Phi) is 5.31.